The van der Waals surface area contributed by atoms with Gasteiger partial charge in [-0.2, -0.15) is 0 Å². The van der Waals surface area contributed by atoms with Crippen molar-refractivity contribution < 1.29 is 14.6 Å². The Morgan fingerprint density at radius 3 is 2.81 bits per heavy atom. The predicted molar refractivity (Wildman–Crippen MR) is 127 cm³/mol. The van der Waals surface area contributed by atoms with Crippen molar-refractivity contribution in [3.63, 3.8) is 0 Å². The summed E-state index contributed by atoms with van der Waals surface area (Å²) in [5.41, 5.74) is 3.81. The number of carbonyl (C=O) groups excluding carboxylic acids is 1. The molecule has 0 aliphatic carbocycles. The smallest absolute Gasteiger partial charge is 0.229 e. The van der Waals surface area contributed by atoms with Crippen molar-refractivity contribution in [2.75, 3.05) is 43.5 Å². The molecule has 2 saturated heterocycles. The summed E-state index contributed by atoms with van der Waals surface area (Å²) in [4.78, 5) is 16.8. The van der Waals surface area contributed by atoms with E-state index < -0.39 is 0 Å². The van der Waals surface area contributed by atoms with Gasteiger partial charge >= 0.3 is 0 Å². The number of aromatic hydroxyl groups is 1. The number of anilines is 2. The number of rotatable bonds is 7. The number of aromatic nitrogens is 1. The SMILES string of the molecule is CCc1cc(NCC2CCOCC2)cc(-c2cc(NC(=O)C3CCCNC3)ncc2O)c1. The van der Waals surface area contributed by atoms with Crippen LogP contribution in [0.1, 0.15) is 38.2 Å². The average Bonchev–Trinajstić information content (AvgIpc) is 2.85. The van der Waals surface area contributed by atoms with E-state index in [0.717, 1.165) is 69.7 Å². The molecule has 0 saturated carbocycles. The molecule has 7 heteroatoms. The maximum atomic E-state index is 12.6. The second-order valence-electron chi connectivity index (χ2n) is 8.83. The minimum atomic E-state index is -0.0489. The number of aryl methyl sites for hydroxylation is 1. The second kappa shape index (κ2) is 10.8. The van der Waals surface area contributed by atoms with Gasteiger partial charge in [-0.05, 0) is 73.9 Å². The molecule has 1 aromatic heterocycles. The van der Waals surface area contributed by atoms with Crippen LogP contribution in [0, 0.1) is 11.8 Å². The molecule has 1 atom stereocenters. The summed E-state index contributed by atoms with van der Waals surface area (Å²) >= 11 is 0. The third-order valence-electron chi connectivity index (χ3n) is 6.45. The van der Waals surface area contributed by atoms with Gasteiger partial charge in [0.05, 0.1) is 12.1 Å². The van der Waals surface area contributed by atoms with Crippen LogP contribution in [0.25, 0.3) is 11.1 Å². The first kappa shape index (κ1) is 22.6. The van der Waals surface area contributed by atoms with E-state index in [0.29, 0.717) is 23.8 Å². The van der Waals surface area contributed by atoms with E-state index >= 15 is 0 Å². The zero-order chi connectivity index (χ0) is 22.3. The Morgan fingerprint density at radius 2 is 2.06 bits per heavy atom. The molecule has 4 N–H and O–H groups in total. The Balaban J connectivity index is 1.52. The van der Waals surface area contributed by atoms with Gasteiger partial charge in [0.15, 0.2) is 0 Å². The van der Waals surface area contributed by atoms with E-state index in [2.05, 4.69) is 46.1 Å². The van der Waals surface area contributed by atoms with Gasteiger partial charge in [-0.3, -0.25) is 4.79 Å². The van der Waals surface area contributed by atoms with Crippen molar-refractivity contribution in [3.05, 3.63) is 36.0 Å². The fourth-order valence-corrected chi connectivity index (χ4v) is 4.42. The number of benzene rings is 1. The lowest BCUT2D eigenvalue weighted by Crippen LogP contribution is -2.37. The lowest BCUT2D eigenvalue weighted by Gasteiger charge is -2.23. The zero-order valence-corrected chi connectivity index (χ0v) is 18.8. The van der Waals surface area contributed by atoms with Gasteiger partial charge in [-0.25, -0.2) is 4.98 Å². The number of nitrogens with zero attached hydrogens (tertiary/aromatic N) is 1. The Kier molecular flexibility index (Phi) is 7.60. The second-order valence-corrected chi connectivity index (χ2v) is 8.83. The van der Waals surface area contributed by atoms with Gasteiger partial charge in [-0.1, -0.05) is 13.0 Å². The molecule has 32 heavy (non-hydrogen) atoms. The highest BCUT2D eigenvalue weighted by molar-refractivity contribution is 5.92. The van der Waals surface area contributed by atoms with Gasteiger partial charge < -0.3 is 25.8 Å². The Morgan fingerprint density at radius 1 is 1.22 bits per heavy atom. The quantitative estimate of drug-likeness (QED) is 0.525. The van der Waals surface area contributed by atoms with Crippen LogP contribution >= 0.6 is 0 Å². The standard InChI is InChI=1S/C25H34N4O3/c1-2-17-10-20(12-21(11-17)27-14-18-5-8-32-9-6-18)22-13-24(28-16-23(22)30)29-25(31)19-4-3-7-26-15-19/h10-13,16,18-19,26-27,30H,2-9,14-15H2,1H3,(H,28,29,31). The monoisotopic (exact) mass is 438 g/mol. The van der Waals surface area contributed by atoms with Crippen LogP contribution in [0.2, 0.25) is 0 Å². The molecule has 2 aliphatic heterocycles. The number of nitrogens with one attached hydrogen (secondary N) is 3. The summed E-state index contributed by atoms with van der Waals surface area (Å²) in [7, 11) is 0. The first-order valence-electron chi connectivity index (χ1n) is 11.8. The third kappa shape index (κ3) is 5.78. The number of amides is 1. The average molecular weight is 439 g/mol. The maximum absolute atomic E-state index is 12.6. The summed E-state index contributed by atoms with van der Waals surface area (Å²) in [5.74, 6) is 1.11. The molecular formula is C25H34N4O3. The van der Waals surface area contributed by atoms with Gasteiger partial charge in [0.25, 0.3) is 0 Å². The highest BCUT2D eigenvalue weighted by Crippen LogP contribution is 2.33. The minimum absolute atomic E-state index is 0.0255. The van der Waals surface area contributed by atoms with Crippen LogP contribution in [0.5, 0.6) is 5.75 Å². The molecule has 4 rings (SSSR count). The number of pyridine rings is 1. The van der Waals surface area contributed by atoms with Crippen molar-refractivity contribution in [1.82, 2.24) is 10.3 Å². The van der Waals surface area contributed by atoms with E-state index in [-0.39, 0.29) is 17.6 Å². The topological polar surface area (TPSA) is 95.5 Å². The van der Waals surface area contributed by atoms with Crippen LogP contribution in [0.15, 0.2) is 30.5 Å². The van der Waals surface area contributed by atoms with Gasteiger partial charge in [0.1, 0.15) is 11.6 Å². The first-order valence-corrected chi connectivity index (χ1v) is 11.8. The number of ether oxygens (including phenoxy) is 1. The maximum Gasteiger partial charge on any atom is 0.229 e. The van der Waals surface area contributed by atoms with Crippen molar-refractivity contribution in [1.29, 1.82) is 0 Å². The van der Waals surface area contributed by atoms with Gasteiger partial charge in [0.2, 0.25) is 5.91 Å². The highest BCUT2D eigenvalue weighted by Gasteiger charge is 2.22. The van der Waals surface area contributed by atoms with Crippen molar-refractivity contribution in [3.8, 4) is 16.9 Å². The van der Waals surface area contributed by atoms with Crippen molar-refractivity contribution in [2.45, 2.75) is 39.0 Å². The van der Waals surface area contributed by atoms with Crippen LogP contribution in [-0.2, 0) is 16.0 Å². The summed E-state index contributed by atoms with van der Waals surface area (Å²) in [5, 5.41) is 20.3. The molecule has 0 bridgehead atoms. The fourth-order valence-electron chi connectivity index (χ4n) is 4.42. The molecule has 7 nitrogen and oxygen atoms in total. The van der Waals surface area contributed by atoms with E-state index in [4.69, 9.17) is 4.74 Å². The summed E-state index contributed by atoms with van der Waals surface area (Å²) in [6, 6.07) is 8.08. The van der Waals surface area contributed by atoms with Crippen molar-refractivity contribution in [2.24, 2.45) is 11.8 Å². The lowest BCUT2D eigenvalue weighted by molar-refractivity contribution is -0.120. The molecule has 0 spiro atoms. The molecule has 1 aromatic carbocycles. The summed E-state index contributed by atoms with van der Waals surface area (Å²) in [6.45, 7) is 6.36. The van der Waals surface area contributed by atoms with E-state index in [1.165, 1.54) is 11.8 Å². The van der Waals surface area contributed by atoms with Crippen LogP contribution in [0.3, 0.4) is 0 Å². The molecular weight excluding hydrogens is 404 g/mol. The molecule has 1 unspecified atom stereocenters. The van der Waals surface area contributed by atoms with Gasteiger partial charge in [-0.15, -0.1) is 0 Å². The zero-order valence-electron chi connectivity index (χ0n) is 18.8. The number of carbonyl (C=O) groups is 1. The summed E-state index contributed by atoms with van der Waals surface area (Å²) < 4.78 is 5.46. The Bertz CT molecular complexity index is 921. The third-order valence-corrected chi connectivity index (χ3v) is 6.45. The van der Waals surface area contributed by atoms with Crippen LogP contribution in [0.4, 0.5) is 11.5 Å². The summed E-state index contributed by atoms with van der Waals surface area (Å²) in [6.07, 6.45) is 6.35. The normalized spacial score (nSPS) is 19.5. The minimum Gasteiger partial charge on any atom is -0.506 e. The molecule has 2 aliphatic rings. The number of hydrogen-bond donors (Lipinski definition) is 4. The Labute approximate surface area is 190 Å². The first-order chi connectivity index (χ1) is 15.6. The number of hydrogen-bond acceptors (Lipinski definition) is 6. The molecule has 2 fully saturated rings. The predicted octanol–water partition coefficient (Wildman–Crippen LogP) is 3.79. The van der Waals surface area contributed by atoms with E-state index in [9.17, 15) is 9.90 Å². The molecule has 1 amide bonds. The molecule has 2 aromatic rings. The molecule has 172 valence electrons. The number of piperidine rings is 1. The highest BCUT2D eigenvalue weighted by atomic mass is 16.5. The van der Waals surface area contributed by atoms with E-state index in [1.807, 2.05) is 0 Å². The van der Waals surface area contributed by atoms with E-state index in [1.54, 1.807) is 6.07 Å². The molecule has 0 radical (unpaired) electrons. The van der Waals surface area contributed by atoms with Crippen LogP contribution in [-0.4, -0.2) is 48.8 Å². The molecule has 3 heterocycles. The van der Waals surface area contributed by atoms with Gasteiger partial charge in [0, 0.05) is 37.6 Å². The largest absolute Gasteiger partial charge is 0.506 e. The Hall–Kier alpha value is -2.64. The fraction of sp³-hybridized carbons (Fsp3) is 0.520. The van der Waals surface area contributed by atoms with Crippen LogP contribution < -0.4 is 16.0 Å². The van der Waals surface area contributed by atoms with Crippen molar-refractivity contribution >= 4 is 17.4 Å². The lowest BCUT2D eigenvalue weighted by atomic mass is 9.98.